The minimum absolute atomic E-state index is 0.258. The number of benzene rings is 2. The third-order valence-electron chi connectivity index (χ3n) is 4.27. The zero-order valence-corrected chi connectivity index (χ0v) is 15.7. The highest BCUT2D eigenvalue weighted by molar-refractivity contribution is 6.33. The van der Waals surface area contributed by atoms with Gasteiger partial charge >= 0.3 is 6.03 Å². The van der Waals surface area contributed by atoms with E-state index in [0.717, 1.165) is 10.6 Å². The van der Waals surface area contributed by atoms with Crippen LogP contribution < -0.4 is 19.9 Å². The van der Waals surface area contributed by atoms with E-state index in [9.17, 15) is 14.4 Å². The number of ether oxygens (including phenoxy) is 1. The topological polar surface area (TPSA) is 91.3 Å². The molecule has 0 radical (unpaired) electrons. The Labute approximate surface area is 162 Å². The molecule has 0 bridgehead atoms. The molecule has 8 heteroatoms. The van der Waals surface area contributed by atoms with Gasteiger partial charge in [-0.15, -0.1) is 0 Å². The Kier molecular flexibility index (Phi) is 5.39. The lowest BCUT2D eigenvalue weighted by Crippen LogP contribution is -2.58. The van der Waals surface area contributed by atoms with E-state index in [1.54, 1.807) is 36.4 Å². The van der Waals surface area contributed by atoms with Gasteiger partial charge in [0.2, 0.25) is 5.91 Å². The van der Waals surface area contributed by atoms with Gasteiger partial charge in [0, 0.05) is 26.0 Å². The summed E-state index contributed by atoms with van der Waals surface area (Å²) in [4.78, 5) is 44.4. The number of urea groups is 1. The summed E-state index contributed by atoms with van der Waals surface area (Å²) in [5.41, 5.74) is 1.85. The Morgan fingerprint density at radius 2 is 1.75 bits per heavy atom. The first-order chi connectivity index (χ1) is 13.4. The fraction of sp³-hybridized carbons (Fsp3) is 0.200. The molecule has 1 heterocycles. The van der Waals surface area contributed by atoms with Gasteiger partial charge in [-0.05, 0) is 36.4 Å². The molecule has 3 rings (SSSR count). The summed E-state index contributed by atoms with van der Waals surface area (Å²) in [6.45, 7) is 0. The summed E-state index contributed by atoms with van der Waals surface area (Å²) in [7, 11) is 5.28. The maximum Gasteiger partial charge on any atom is 0.335 e. The van der Waals surface area contributed by atoms with Crippen molar-refractivity contribution in [1.29, 1.82) is 0 Å². The smallest absolute Gasteiger partial charge is 0.335 e. The molecule has 0 aliphatic carbocycles. The number of barbiturate groups is 1. The van der Waals surface area contributed by atoms with Crippen molar-refractivity contribution in [2.75, 3.05) is 31.0 Å². The number of carbonyl (C=O) groups is 3. The quantitative estimate of drug-likeness (QED) is 0.635. The summed E-state index contributed by atoms with van der Waals surface area (Å²) in [5.74, 6) is -2.28. The molecule has 4 amide bonds. The van der Waals surface area contributed by atoms with Crippen molar-refractivity contribution < 1.29 is 19.1 Å². The van der Waals surface area contributed by atoms with E-state index in [-0.39, 0.29) is 5.69 Å². The lowest BCUT2D eigenvalue weighted by Gasteiger charge is -2.29. The second-order valence-electron chi connectivity index (χ2n) is 6.31. The molecular weight excluding hydrogens is 360 g/mol. The highest BCUT2D eigenvalue weighted by atomic mass is 16.5. The molecule has 1 aliphatic rings. The maximum absolute atomic E-state index is 12.9. The van der Waals surface area contributed by atoms with Crippen LogP contribution in [0.4, 0.5) is 21.9 Å². The molecule has 1 aliphatic heterocycles. The minimum Gasteiger partial charge on any atom is -0.495 e. The second-order valence-corrected chi connectivity index (χ2v) is 6.31. The minimum atomic E-state index is -1.23. The van der Waals surface area contributed by atoms with Crippen molar-refractivity contribution in [3.05, 3.63) is 48.5 Å². The van der Waals surface area contributed by atoms with E-state index in [0.29, 0.717) is 11.4 Å². The van der Waals surface area contributed by atoms with Gasteiger partial charge in [0.1, 0.15) is 5.75 Å². The zero-order valence-electron chi connectivity index (χ0n) is 15.7. The lowest BCUT2D eigenvalue weighted by atomic mass is 10.1. The molecule has 0 saturated carbocycles. The van der Waals surface area contributed by atoms with Gasteiger partial charge in [-0.1, -0.05) is 12.1 Å². The standard InChI is InChI=1S/C20H20N4O4/c1-23(2)14-10-8-13(9-11-14)21-12-15-18(25)22-20(27)24(19(15)26)16-6-4-5-7-17(16)28-3/h4-12,15H,1-3H3,(H,22,25,27)/t15-/m1/s1. The van der Waals surface area contributed by atoms with Gasteiger partial charge in [0.15, 0.2) is 5.92 Å². The van der Waals surface area contributed by atoms with Crippen LogP contribution in [0.2, 0.25) is 0 Å². The van der Waals surface area contributed by atoms with Crippen LogP contribution in [0.3, 0.4) is 0 Å². The molecule has 1 atom stereocenters. The predicted octanol–water partition coefficient (Wildman–Crippen LogP) is 2.36. The molecule has 1 saturated heterocycles. The molecule has 144 valence electrons. The Balaban J connectivity index is 1.87. The fourth-order valence-corrected chi connectivity index (χ4v) is 2.76. The molecule has 0 unspecified atom stereocenters. The molecule has 1 fully saturated rings. The van der Waals surface area contributed by atoms with Gasteiger partial charge in [-0.3, -0.25) is 19.9 Å². The maximum atomic E-state index is 12.9. The Morgan fingerprint density at radius 3 is 2.39 bits per heavy atom. The van der Waals surface area contributed by atoms with Crippen LogP contribution in [0, 0.1) is 5.92 Å². The normalized spacial score (nSPS) is 17.0. The van der Waals surface area contributed by atoms with Crippen LogP contribution in [-0.4, -0.2) is 45.3 Å². The molecule has 0 aromatic heterocycles. The largest absolute Gasteiger partial charge is 0.495 e. The van der Waals surface area contributed by atoms with Crippen LogP contribution in [0.1, 0.15) is 0 Å². The van der Waals surface area contributed by atoms with Crippen molar-refractivity contribution in [3.63, 3.8) is 0 Å². The summed E-state index contributed by atoms with van der Waals surface area (Å²) in [6, 6.07) is 13.1. The first-order valence-corrected chi connectivity index (χ1v) is 8.55. The average Bonchev–Trinajstić information content (AvgIpc) is 2.68. The van der Waals surface area contributed by atoms with Crippen LogP contribution in [-0.2, 0) is 9.59 Å². The molecular formula is C20H20N4O4. The number of aliphatic imine (C=N–C) groups is 1. The van der Waals surface area contributed by atoms with Crippen LogP contribution in [0.5, 0.6) is 5.75 Å². The summed E-state index contributed by atoms with van der Waals surface area (Å²) in [5, 5.41) is 2.19. The highest BCUT2D eigenvalue weighted by Crippen LogP contribution is 2.30. The van der Waals surface area contributed by atoms with E-state index in [2.05, 4.69) is 10.3 Å². The van der Waals surface area contributed by atoms with Crippen molar-refractivity contribution >= 4 is 41.1 Å². The summed E-state index contributed by atoms with van der Waals surface area (Å²) < 4.78 is 5.22. The van der Waals surface area contributed by atoms with Crippen molar-refractivity contribution in [2.24, 2.45) is 10.9 Å². The fourth-order valence-electron chi connectivity index (χ4n) is 2.76. The van der Waals surface area contributed by atoms with Gasteiger partial charge in [0.05, 0.1) is 18.5 Å². The zero-order chi connectivity index (χ0) is 20.3. The van der Waals surface area contributed by atoms with Crippen LogP contribution in [0.25, 0.3) is 0 Å². The molecule has 28 heavy (non-hydrogen) atoms. The average molecular weight is 380 g/mol. The number of nitrogens with zero attached hydrogens (tertiary/aromatic N) is 3. The van der Waals surface area contributed by atoms with E-state index < -0.39 is 23.8 Å². The number of anilines is 2. The molecule has 1 N–H and O–H groups in total. The second kappa shape index (κ2) is 7.91. The van der Waals surface area contributed by atoms with Crippen molar-refractivity contribution in [1.82, 2.24) is 5.32 Å². The van der Waals surface area contributed by atoms with Crippen LogP contribution >= 0.6 is 0 Å². The van der Waals surface area contributed by atoms with E-state index in [4.69, 9.17) is 4.74 Å². The van der Waals surface area contributed by atoms with Crippen molar-refractivity contribution in [2.45, 2.75) is 0 Å². The first-order valence-electron chi connectivity index (χ1n) is 8.55. The molecule has 8 nitrogen and oxygen atoms in total. The van der Waals surface area contributed by atoms with Gasteiger partial charge in [-0.2, -0.15) is 0 Å². The summed E-state index contributed by atoms with van der Waals surface area (Å²) >= 11 is 0. The SMILES string of the molecule is COc1ccccc1N1C(=O)NC(=O)[C@@H](C=Nc2ccc(N(C)C)cc2)C1=O. The van der Waals surface area contributed by atoms with E-state index >= 15 is 0 Å². The van der Waals surface area contributed by atoms with Crippen molar-refractivity contribution in [3.8, 4) is 5.75 Å². The number of carbonyl (C=O) groups excluding carboxylic acids is 3. The van der Waals surface area contributed by atoms with Gasteiger partial charge < -0.3 is 9.64 Å². The number of imide groups is 2. The number of para-hydroxylation sites is 2. The number of methoxy groups -OCH3 is 1. The number of amides is 4. The Bertz CT molecular complexity index is 937. The van der Waals surface area contributed by atoms with E-state index in [1.807, 2.05) is 31.1 Å². The van der Waals surface area contributed by atoms with E-state index in [1.165, 1.54) is 13.3 Å². The third-order valence-corrected chi connectivity index (χ3v) is 4.27. The molecule has 2 aromatic rings. The number of rotatable bonds is 5. The summed E-state index contributed by atoms with van der Waals surface area (Å²) in [6.07, 6.45) is 1.25. The Hall–Kier alpha value is -3.68. The molecule has 2 aromatic carbocycles. The first kappa shape index (κ1) is 19.1. The number of hydrogen-bond donors (Lipinski definition) is 1. The molecule has 0 spiro atoms. The highest BCUT2D eigenvalue weighted by Gasteiger charge is 2.41. The number of hydrogen-bond acceptors (Lipinski definition) is 6. The predicted molar refractivity (Wildman–Crippen MR) is 106 cm³/mol. The lowest BCUT2D eigenvalue weighted by molar-refractivity contribution is -0.131. The van der Waals surface area contributed by atoms with Gasteiger partial charge in [-0.25, -0.2) is 9.69 Å². The van der Waals surface area contributed by atoms with Crippen LogP contribution in [0.15, 0.2) is 53.5 Å². The number of nitrogens with one attached hydrogen (secondary N) is 1. The third kappa shape index (κ3) is 3.71. The Morgan fingerprint density at radius 1 is 1.07 bits per heavy atom. The monoisotopic (exact) mass is 380 g/mol. The van der Waals surface area contributed by atoms with Gasteiger partial charge in [0.25, 0.3) is 5.91 Å².